The lowest BCUT2D eigenvalue weighted by molar-refractivity contribution is -0.0978. The number of hydrogen-bond acceptors (Lipinski definition) is 4. The molecule has 0 N–H and O–H groups in total. The van der Waals surface area contributed by atoms with Gasteiger partial charge in [-0.2, -0.15) is 8.42 Å². The maximum absolute atomic E-state index is 12.1. The van der Waals surface area contributed by atoms with Crippen LogP contribution in [0, 0.1) is 5.92 Å². The lowest BCUT2D eigenvalue weighted by atomic mass is 9.87. The highest BCUT2D eigenvalue weighted by atomic mass is 32.2. The molecule has 174 valence electrons. The molecule has 4 atom stereocenters. The smallest absolute Gasteiger partial charge is 0.264 e. The Labute approximate surface area is 198 Å². The van der Waals surface area contributed by atoms with E-state index < -0.39 is 24.3 Å². The van der Waals surface area contributed by atoms with Crippen molar-refractivity contribution in [1.82, 2.24) is 0 Å². The minimum Gasteiger partial charge on any atom is -0.373 e. The first-order valence-corrected chi connectivity index (χ1v) is 16.3. The predicted octanol–water partition coefficient (Wildman–Crippen LogP) is 5.32. The molecule has 0 amide bonds. The standard InChI is InChI=1S/C27H32O4SSi/c1-20-25(31-32(2,28)29)19-26(33(3,4)24-16-9-6-10-17-24)30-27(20)23-15-11-14-22(18-23)21-12-7-5-8-13-21/h5-18,20,25-27H,19H2,1-4H3/t20-,25-,26+,27+/m1/s1. The SMILES string of the molecule is C[C@H]1[C@@H](c2cccc(-c3ccccc3)c2)O[C@@H]([Si](C)(C)c2ccccc2)C[C@H]1OS(C)(=O)=O. The molecule has 3 aromatic carbocycles. The molecule has 0 unspecified atom stereocenters. The second kappa shape index (κ2) is 9.55. The molecule has 1 aliphatic heterocycles. The lowest BCUT2D eigenvalue weighted by Gasteiger charge is -2.45. The summed E-state index contributed by atoms with van der Waals surface area (Å²) in [5.41, 5.74) is 3.23. The van der Waals surface area contributed by atoms with Crippen LogP contribution in [0.25, 0.3) is 11.1 Å². The second-order valence-electron chi connectivity index (χ2n) is 9.56. The van der Waals surface area contributed by atoms with E-state index in [0.717, 1.165) is 22.9 Å². The highest BCUT2D eigenvalue weighted by Crippen LogP contribution is 2.41. The Balaban J connectivity index is 1.72. The Morgan fingerprint density at radius 3 is 2.12 bits per heavy atom. The molecule has 6 heteroatoms. The van der Waals surface area contributed by atoms with Crippen LogP contribution in [0.4, 0.5) is 0 Å². The van der Waals surface area contributed by atoms with E-state index >= 15 is 0 Å². The molecule has 33 heavy (non-hydrogen) atoms. The van der Waals surface area contributed by atoms with Gasteiger partial charge in [-0.05, 0) is 29.2 Å². The fourth-order valence-electron chi connectivity index (χ4n) is 4.75. The maximum Gasteiger partial charge on any atom is 0.264 e. The van der Waals surface area contributed by atoms with Crippen molar-refractivity contribution in [2.24, 2.45) is 5.92 Å². The molecule has 1 saturated heterocycles. The molecule has 1 fully saturated rings. The summed E-state index contributed by atoms with van der Waals surface area (Å²) in [5.74, 6) is -0.109. The van der Waals surface area contributed by atoms with Crippen LogP contribution in [0.3, 0.4) is 0 Å². The van der Waals surface area contributed by atoms with Crippen molar-refractivity contribution in [3.63, 3.8) is 0 Å². The third-order valence-corrected chi connectivity index (χ3v) is 11.2. The Morgan fingerprint density at radius 2 is 1.48 bits per heavy atom. The van der Waals surface area contributed by atoms with Crippen molar-refractivity contribution >= 4 is 23.4 Å². The van der Waals surface area contributed by atoms with Crippen molar-refractivity contribution < 1.29 is 17.3 Å². The third-order valence-electron chi connectivity index (χ3n) is 6.76. The molecule has 3 aromatic rings. The zero-order chi connectivity index (χ0) is 23.6. The first-order valence-electron chi connectivity index (χ1n) is 11.4. The number of hydrogen-bond donors (Lipinski definition) is 0. The average molecular weight is 481 g/mol. The van der Waals surface area contributed by atoms with E-state index in [1.165, 1.54) is 5.19 Å². The Hall–Kier alpha value is -2.25. The van der Waals surface area contributed by atoms with Gasteiger partial charge in [0.25, 0.3) is 10.1 Å². The van der Waals surface area contributed by atoms with E-state index in [2.05, 4.69) is 67.7 Å². The molecule has 0 bridgehead atoms. The van der Waals surface area contributed by atoms with Crippen molar-refractivity contribution in [2.45, 2.75) is 44.4 Å². The first-order chi connectivity index (χ1) is 15.6. The van der Waals surface area contributed by atoms with Gasteiger partial charge < -0.3 is 4.74 Å². The summed E-state index contributed by atoms with van der Waals surface area (Å²) in [6.07, 6.45) is 1.01. The van der Waals surface area contributed by atoms with E-state index in [9.17, 15) is 8.42 Å². The first kappa shape index (κ1) is 23.9. The summed E-state index contributed by atoms with van der Waals surface area (Å²) < 4.78 is 36.7. The van der Waals surface area contributed by atoms with Crippen LogP contribution in [0.1, 0.15) is 25.0 Å². The minimum absolute atomic E-state index is 0.0757. The van der Waals surface area contributed by atoms with Gasteiger partial charge in [0.1, 0.15) is 8.07 Å². The van der Waals surface area contributed by atoms with Gasteiger partial charge in [-0.15, -0.1) is 0 Å². The fourth-order valence-corrected chi connectivity index (χ4v) is 8.19. The average Bonchev–Trinajstić information content (AvgIpc) is 2.80. The molecule has 4 rings (SSSR count). The lowest BCUT2D eigenvalue weighted by Crippen LogP contribution is -2.58. The molecule has 0 radical (unpaired) electrons. The van der Waals surface area contributed by atoms with Crippen LogP contribution in [-0.4, -0.2) is 34.6 Å². The number of benzene rings is 3. The molecule has 1 heterocycles. The van der Waals surface area contributed by atoms with Gasteiger partial charge in [-0.25, -0.2) is 0 Å². The summed E-state index contributed by atoms with van der Waals surface area (Å²) in [7, 11) is -5.66. The van der Waals surface area contributed by atoms with Crippen molar-refractivity contribution in [2.75, 3.05) is 6.26 Å². The molecule has 0 spiro atoms. The Morgan fingerprint density at radius 1 is 0.879 bits per heavy atom. The highest BCUT2D eigenvalue weighted by Gasteiger charge is 2.46. The Bertz CT molecular complexity index is 1180. The molecule has 4 nitrogen and oxygen atoms in total. The van der Waals surface area contributed by atoms with Gasteiger partial charge in [0, 0.05) is 5.92 Å². The number of rotatable bonds is 6. The molecule has 0 aliphatic carbocycles. The van der Waals surface area contributed by atoms with Crippen molar-refractivity contribution in [1.29, 1.82) is 0 Å². The summed E-state index contributed by atoms with van der Waals surface area (Å²) in [4.78, 5) is 0. The van der Waals surface area contributed by atoms with Gasteiger partial charge in [-0.3, -0.25) is 4.18 Å². The van der Waals surface area contributed by atoms with Crippen molar-refractivity contribution in [3.05, 3.63) is 90.5 Å². The van der Waals surface area contributed by atoms with Crippen LogP contribution >= 0.6 is 0 Å². The summed E-state index contributed by atoms with van der Waals surface area (Å²) in [6.45, 7) is 6.61. The zero-order valence-corrected chi connectivity index (χ0v) is 21.5. The predicted molar refractivity (Wildman–Crippen MR) is 137 cm³/mol. The van der Waals surface area contributed by atoms with E-state index in [-0.39, 0.29) is 17.7 Å². The van der Waals surface area contributed by atoms with E-state index in [1.807, 2.05) is 37.3 Å². The summed E-state index contributed by atoms with van der Waals surface area (Å²) >= 11 is 0. The van der Waals surface area contributed by atoms with Crippen LogP contribution in [0.15, 0.2) is 84.9 Å². The van der Waals surface area contributed by atoms with Gasteiger partial charge in [0.05, 0.1) is 24.2 Å². The second-order valence-corrected chi connectivity index (χ2v) is 15.8. The molecule has 1 aliphatic rings. The molecular formula is C27H32O4SSi. The van der Waals surface area contributed by atoms with Gasteiger partial charge in [-0.1, -0.05) is 104 Å². The maximum atomic E-state index is 12.1. The van der Waals surface area contributed by atoms with Gasteiger partial charge >= 0.3 is 0 Å². The van der Waals surface area contributed by atoms with E-state index in [1.54, 1.807) is 0 Å². The summed E-state index contributed by atoms with van der Waals surface area (Å²) in [6, 6.07) is 29.1. The third kappa shape index (κ3) is 5.46. The van der Waals surface area contributed by atoms with E-state index in [4.69, 9.17) is 8.92 Å². The van der Waals surface area contributed by atoms with Gasteiger partial charge in [0.2, 0.25) is 0 Å². The quantitative estimate of drug-likeness (QED) is 0.354. The van der Waals surface area contributed by atoms with Crippen LogP contribution < -0.4 is 5.19 Å². The van der Waals surface area contributed by atoms with Crippen LogP contribution in [-0.2, 0) is 19.0 Å². The fraction of sp³-hybridized carbons (Fsp3) is 0.333. The monoisotopic (exact) mass is 480 g/mol. The van der Waals surface area contributed by atoms with Crippen LogP contribution in [0.5, 0.6) is 0 Å². The zero-order valence-electron chi connectivity index (χ0n) is 19.6. The van der Waals surface area contributed by atoms with Crippen LogP contribution in [0.2, 0.25) is 13.1 Å². The Kier molecular flexibility index (Phi) is 6.91. The highest BCUT2D eigenvalue weighted by molar-refractivity contribution is 7.86. The van der Waals surface area contributed by atoms with Crippen molar-refractivity contribution in [3.8, 4) is 11.1 Å². The van der Waals surface area contributed by atoms with E-state index in [0.29, 0.717) is 6.42 Å². The topological polar surface area (TPSA) is 52.6 Å². The van der Waals surface area contributed by atoms with Gasteiger partial charge in [0.15, 0.2) is 0 Å². The minimum atomic E-state index is -3.59. The number of ether oxygens (including phenoxy) is 1. The summed E-state index contributed by atoms with van der Waals surface area (Å²) in [5, 5.41) is 1.29. The normalized spacial score (nSPS) is 23.9. The largest absolute Gasteiger partial charge is 0.373 e. The molecule has 0 aromatic heterocycles. The molecular weight excluding hydrogens is 448 g/mol. The molecule has 0 saturated carbocycles.